The summed E-state index contributed by atoms with van der Waals surface area (Å²) in [5, 5.41) is 9.73. The van der Waals surface area contributed by atoms with Crippen LogP contribution in [0.15, 0.2) is 18.2 Å². The molecule has 0 radical (unpaired) electrons. The fourth-order valence-corrected chi connectivity index (χ4v) is 2.20. The van der Waals surface area contributed by atoms with Crippen molar-refractivity contribution < 1.29 is 23.7 Å². The number of hydrogen-bond acceptors (Lipinski definition) is 6. The summed E-state index contributed by atoms with van der Waals surface area (Å²) in [4.78, 5) is 12.5. The highest BCUT2D eigenvalue weighted by molar-refractivity contribution is 5.97. The van der Waals surface area contributed by atoms with Gasteiger partial charge in [-0.1, -0.05) is 0 Å². The molecule has 8 heteroatoms. The minimum absolute atomic E-state index is 0.296. The zero-order valence-electron chi connectivity index (χ0n) is 14.1. The molecule has 1 heterocycles. The van der Waals surface area contributed by atoms with E-state index in [1.54, 1.807) is 19.2 Å². The third kappa shape index (κ3) is 3.96. The molecule has 24 heavy (non-hydrogen) atoms. The van der Waals surface area contributed by atoms with Crippen LogP contribution in [0.3, 0.4) is 0 Å². The maximum atomic E-state index is 12.5. The van der Waals surface area contributed by atoms with E-state index in [1.165, 1.54) is 21.3 Å². The van der Waals surface area contributed by atoms with Crippen molar-refractivity contribution in [3.63, 3.8) is 0 Å². The Morgan fingerprint density at radius 1 is 1.04 bits per heavy atom. The molecule has 0 aliphatic carbocycles. The molecule has 8 nitrogen and oxygen atoms in total. The fourth-order valence-electron chi connectivity index (χ4n) is 2.20. The number of aromatic amines is 1. The summed E-state index contributed by atoms with van der Waals surface area (Å²) in [5.74, 6) is 1.04. The van der Waals surface area contributed by atoms with Gasteiger partial charge in [0, 0.05) is 19.2 Å². The largest absolute Gasteiger partial charge is 0.496 e. The highest BCUT2D eigenvalue weighted by Gasteiger charge is 2.17. The van der Waals surface area contributed by atoms with Crippen LogP contribution in [0.2, 0.25) is 0 Å². The van der Waals surface area contributed by atoms with Crippen LogP contribution >= 0.6 is 0 Å². The first-order chi connectivity index (χ1) is 11.6. The molecule has 0 spiro atoms. The normalized spacial score (nSPS) is 10.3. The number of H-pyrrole nitrogens is 1. The van der Waals surface area contributed by atoms with Crippen LogP contribution in [0.4, 0.5) is 0 Å². The molecule has 1 amide bonds. The van der Waals surface area contributed by atoms with Crippen molar-refractivity contribution in [3.05, 3.63) is 35.2 Å². The smallest absolute Gasteiger partial charge is 0.255 e. The molecule has 0 aliphatic rings. The predicted molar refractivity (Wildman–Crippen MR) is 86.6 cm³/mol. The summed E-state index contributed by atoms with van der Waals surface area (Å²) in [6.07, 6.45) is 0. The Labute approximate surface area is 140 Å². The molecule has 2 aromatic rings. The van der Waals surface area contributed by atoms with Crippen molar-refractivity contribution in [1.82, 2.24) is 15.5 Å². The molecule has 0 saturated heterocycles. The molecular formula is C16H21N3O5. The van der Waals surface area contributed by atoms with Crippen molar-refractivity contribution in [3.8, 4) is 17.2 Å². The van der Waals surface area contributed by atoms with Crippen molar-refractivity contribution in [2.24, 2.45) is 0 Å². The van der Waals surface area contributed by atoms with Crippen LogP contribution in [-0.2, 0) is 17.9 Å². The predicted octanol–water partition coefficient (Wildman–Crippen LogP) is 1.51. The molecule has 0 bridgehead atoms. The Morgan fingerprint density at radius 2 is 1.71 bits per heavy atom. The molecule has 1 aromatic carbocycles. The van der Waals surface area contributed by atoms with Gasteiger partial charge in [-0.15, -0.1) is 0 Å². The van der Waals surface area contributed by atoms with Gasteiger partial charge in [0.05, 0.1) is 51.4 Å². The highest BCUT2D eigenvalue weighted by atomic mass is 16.5. The van der Waals surface area contributed by atoms with Crippen LogP contribution in [0.5, 0.6) is 17.2 Å². The molecule has 0 fully saturated rings. The monoisotopic (exact) mass is 335 g/mol. The lowest BCUT2D eigenvalue weighted by atomic mass is 10.1. The van der Waals surface area contributed by atoms with Crippen LogP contribution in [-0.4, -0.2) is 44.5 Å². The zero-order valence-corrected chi connectivity index (χ0v) is 14.1. The van der Waals surface area contributed by atoms with Gasteiger partial charge in [0.15, 0.2) is 11.5 Å². The van der Waals surface area contributed by atoms with Gasteiger partial charge in [-0.3, -0.25) is 9.89 Å². The molecule has 0 saturated carbocycles. The van der Waals surface area contributed by atoms with Crippen molar-refractivity contribution in [1.29, 1.82) is 0 Å². The van der Waals surface area contributed by atoms with E-state index in [0.717, 1.165) is 11.4 Å². The van der Waals surface area contributed by atoms with Gasteiger partial charge >= 0.3 is 0 Å². The molecular weight excluding hydrogens is 314 g/mol. The summed E-state index contributed by atoms with van der Waals surface area (Å²) in [5.41, 5.74) is 1.90. The number of rotatable bonds is 8. The first-order valence-electron chi connectivity index (χ1n) is 7.23. The minimum atomic E-state index is -0.296. The summed E-state index contributed by atoms with van der Waals surface area (Å²) < 4.78 is 20.7. The molecule has 0 aliphatic heterocycles. The average Bonchev–Trinajstić information content (AvgIpc) is 3.06. The summed E-state index contributed by atoms with van der Waals surface area (Å²) >= 11 is 0. The topological polar surface area (TPSA) is 94.7 Å². The third-order valence-electron chi connectivity index (χ3n) is 3.37. The van der Waals surface area contributed by atoms with Gasteiger partial charge in [0.25, 0.3) is 5.91 Å². The molecule has 1 aromatic heterocycles. The Balaban J connectivity index is 2.13. The summed E-state index contributed by atoms with van der Waals surface area (Å²) in [7, 11) is 6.12. The van der Waals surface area contributed by atoms with Gasteiger partial charge in [0.2, 0.25) is 0 Å². The number of benzene rings is 1. The number of amides is 1. The number of nitrogens with one attached hydrogen (secondary N) is 2. The summed E-state index contributed by atoms with van der Waals surface area (Å²) in [6.45, 7) is 0.709. The first-order valence-corrected chi connectivity index (χ1v) is 7.23. The summed E-state index contributed by atoms with van der Waals surface area (Å²) in [6, 6.07) is 5.02. The lowest BCUT2D eigenvalue weighted by molar-refractivity contribution is 0.0947. The van der Waals surface area contributed by atoms with Gasteiger partial charge < -0.3 is 24.3 Å². The number of carbonyl (C=O) groups is 1. The SMILES string of the molecule is COCc1cc(CNC(=O)c2cc(OC)c(OC)cc2OC)[nH]n1. The Kier molecular flexibility index (Phi) is 6.02. The van der Waals surface area contributed by atoms with Gasteiger partial charge in [-0.05, 0) is 6.07 Å². The number of nitrogens with zero attached hydrogens (tertiary/aromatic N) is 1. The maximum Gasteiger partial charge on any atom is 0.255 e. The third-order valence-corrected chi connectivity index (χ3v) is 3.37. The van der Waals surface area contributed by atoms with E-state index in [9.17, 15) is 4.79 Å². The van der Waals surface area contributed by atoms with E-state index in [2.05, 4.69) is 15.5 Å². The molecule has 130 valence electrons. The van der Waals surface area contributed by atoms with E-state index in [-0.39, 0.29) is 5.91 Å². The standard InChI is InChI=1S/C16H21N3O5/c1-21-9-11-5-10(18-19-11)8-17-16(20)12-6-14(23-3)15(24-4)7-13(12)22-2/h5-7H,8-9H2,1-4H3,(H,17,20)(H,18,19). The van der Waals surface area contributed by atoms with E-state index in [0.29, 0.717) is 36.0 Å². The second kappa shape index (κ2) is 8.21. The fraction of sp³-hybridized carbons (Fsp3) is 0.375. The molecule has 2 rings (SSSR count). The molecule has 0 atom stereocenters. The number of carbonyl (C=O) groups excluding carboxylic acids is 1. The van der Waals surface area contributed by atoms with Crippen LogP contribution in [0, 0.1) is 0 Å². The van der Waals surface area contributed by atoms with Crippen molar-refractivity contribution in [2.45, 2.75) is 13.2 Å². The second-order valence-electron chi connectivity index (χ2n) is 4.91. The van der Waals surface area contributed by atoms with Crippen LogP contribution in [0.25, 0.3) is 0 Å². The van der Waals surface area contributed by atoms with E-state index >= 15 is 0 Å². The first kappa shape index (κ1) is 17.6. The average molecular weight is 335 g/mol. The van der Waals surface area contributed by atoms with Gasteiger partial charge in [-0.25, -0.2) is 0 Å². The van der Waals surface area contributed by atoms with Crippen LogP contribution < -0.4 is 19.5 Å². The maximum absolute atomic E-state index is 12.5. The Bertz CT molecular complexity index is 699. The highest BCUT2D eigenvalue weighted by Crippen LogP contribution is 2.34. The van der Waals surface area contributed by atoms with Crippen molar-refractivity contribution >= 4 is 5.91 Å². The van der Waals surface area contributed by atoms with Crippen LogP contribution in [0.1, 0.15) is 21.7 Å². The lowest BCUT2D eigenvalue weighted by Gasteiger charge is -2.13. The van der Waals surface area contributed by atoms with E-state index < -0.39 is 0 Å². The molecule has 0 unspecified atom stereocenters. The number of hydrogen-bond donors (Lipinski definition) is 2. The lowest BCUT2D eigenvalue weighted by Crippen LogP contribution is -2.23. The van der Waals surface area contributed by atoms with E-state index in [4.69, 9.17) is 18.9 Å². The number of aromatic nitrogens is 2. The second-order valence-corrected chi connectivity index (χ2v) is 4.91. The number of ether oxygens (including phenoxy) is 4. The Morgan fingerprint density at radius 3 is 2.33 bits per heavy atom. The zero-order chi connectivity index (χ0) is 17.5. The van der Waals surface area contributed by atoms with E-state index in [1.807, 2.05) is 6.07 Å². The van der Waals surface area contributed by atoms with Crippen molar-refractivity contribution in [2.75, 3.05) is 28.4 Å². The Hall–Kier alpha value is -2.74. The van der Waals surface area contributed by atoms with Gasteiger partial charge in [0.1, 0.15) is 5.75 Å². The quantitative estimate of drug-likeness (QED) is 0.759. The number of methoxy groups -OCH3 is 4. The van der Waals surface area contributed by atoms with Gasteiger partial charge in [-0.2, -0.15) is 5.10 Å². The molecule has 2 N–H and O–H groups in total. The minimum Gasteiger partial charge on any atom is -0.496 e.